The van der Waals surface area contributed by atoms with Gasteiger partial charge in [0, 0.05) is 12.0 Å². The largest absolute Gasteiger partial charge is 0.497 e. The van der Waals surface area contributed by atoms with Crippen LogP contribution < -0.4 is 4.74 Å². The first kappa shape index (κ1) is 31.7. The molecule has 0 spiro atoms. The predicted octanol–water partition coefficient (Wildman–Crippen LogP) is 6.49. The van der Waals surface area contributed by atoms with E-state index in [1.54, 1.807) is 7.11 Å². The first-order chi connectivity index (χ1) is 20.7. The third kappa shape index (κ3) is 6.13. The quantitative estimate of drug-likeness (QED) is 0.254. The monoisotopic (exact) mass is 616 g/mol. The smallest absolute Gasteiger partial charge is 0.201 e. The van der Waals surface area contributed by atoms with Gasteiger partial charge in [-0.15, -0.1) is 0 Å². The minimum absolute atomic E-state index is 0.0572. The molecule has 0 aromatic heterocycles. The Morgan fingerprint density at radius 1 is 0.698 bits per heavy atom. The van der Waals surface area contributed by atoms with Gasteiger partial charge in [-0.25, -0.2) is 0 Å². The Hall–Kier alpha value is -1.30. The van der Waals surface area contributed by atoms with Crippen molar-refractivity contribution >= 4 is 8.32 Å². The van der Waals surface area contributed by atoms with Crippen LogP contribution in [-0.4, -0.2) is 83.6 Å². The van der Waals surface area contributed by atoms with Crippen LogP contribution in [0.3, 0.4) is 0 Å². The molecule has 240 valence electrons. The first-order valence-electron chi connectivity index (χ1n) is 16.5. The maximum atomic E-state index is 7.53. The fourth-order valence-electron chi connectivity index (χ4n) is 8.49. The van der Waals surface area contributed by atoms with E-state index in [2.05, 4.69) is 53.7 Å². The van der Waals surface area contributed by atoms with Crippen molar-refractivity contribution in [2.45, 2.75) is 145 Å². The Morgan fingerprint density at radius 3 is 2.05 bits per heavy atom. The van der Waals surface area contributed by atoms with Gasteiger partial charge in [0.2, 0.25) is 8.32 Å². The molecule has 5 heterocycles. The molecule has 1 aromatic carbocycles. The Labute approximate surface area is 258 Å². The second kappa shape index (κ2) is 13.2. The zero-order chi connectivity index (χ0) is 30.3. The van der Waals surface area contributed by atoms with E-state index in [1.807, 2.05) is 24.3 Å². The van der Waals surface area contributed by atoms with Crippen LogP contribution in [-0.2, 0) is 32.8 Å². The van der Waals surface area contributed by atoms with E-state index in [4.69, 9.17) is 37.6 Å². The molecule has 9 heteroatoms. The first-order valence-corrected chi connectivity index (χ1v) is 18.7. The fourth-order valence-corrected chi connectivity index (χ4v) is 14.0. The molecule has 0 aliphatic carbocycles. The molecule has 0 radical (unpaired) electrons. The van der Waals surface area contributed by atoms with Gasteiger partial charge in [0.25, 0.3) is 0 Å². The SMILES string of the molecule is COc1ccc([C@@H]2OC[C@H]3O[C@H]4C[C@H]5O[C@H]6CC=CCO[C@@H]6[C@@H](O[Si](C(C)C)(C(C)C)C(C)C)[C@@H]5O[C@@H]4CC[C@@H]3O2)cc1. The van der Waals surface area contributed by atoms with Crippen LogP contribution in [0.2, 0.25) is 16.6 Å². The molecule has 0 N–H and O–H groups in total. The molecule has 4 saturated heterocycles. The number of ether oxygens (including phenoxy) is 7. The van der Waals surface area contributed by atoms with Crippen LogP contribution in [0, 0.1) is 0 Å². The second-order valence-corrected chi connectivity index (χ2v) is 19.3. The lowest BCUT2D eigenvalue weighted by molar-refractivity contribution is -0.301. The van der Waals surface area contributed by atoms with Crippen LogP contribution in [0.5, 0.6) is 5.75 Å². The number of methoxy groups -OCH3 is 1. The van der Waals surface area contributed by atoms with Crippen molar-refractivity contribution < 1.29 is 37.6 Å². The lowest BCUT2D eigenvalue weighted by Gasteiger charge is -2.54. The van der Waals surface area contributed by atoms with Gasteiger partial charge < -0.3 is 37.6 Å². The number of rotatable bonds is 7. The molecular weight excluding hydrogens is 564 g/mol. The molecule has 1 aromatic rings. The Morgan fingerprint density at radius 2 is 1.37 bits per heavy atom. The zero-order valence-corrected chi connectivity index (χ0v) is 28.0. The van der Waals surface area contributed by atoms with Gasteiger partial charge in [0.15, 0.2) is 6.29 Å². The molecule has 5 aliphatic rings. The Kier molecular flexibility index (Phi) is 9.72. The van der Waals surface area contributed by atoms with Crippen LogP contribution in [0.25, 0.3) is 0 Å². The zero-order valence-electron chi connectivity index (χ0n) is 27.0. The van der Waals surface area contributed by atoms with E-state index in [0.717, 1.165) is 37.0 Å². The minimum Gasteiger partial charge on any atom is -0.497 e. The summed E-state index contributed by atoms with van der Waals surface area (Å²) in [7, 11) is -0.550. The molecule has 10 atom stereocenters. The summed E-state index contributed by atoms with van der Waals surface area (Å²) in [6.45, 7) is 15.1. The summed E-state index contributed by atoms with van der Waals surface area (Å²) in [5.74, 6) is 0.814. The average molecular weight is 617 g/mol. The van der Waals surface area contributed by atoms with Gasteiger partial charge >= 0.3 is 0 Å². The highest BCUT2D eigenvalue weighted by molar-refractivity contribution is 6.77. The van der Waals surface area contributed by atoms with Crippen molar-refractivity contribution in [2.24, 2.45) is 0 Å². The third-order valence-electron chi connectivity index (χ3n) is 10.5. The standard InChI is InChI=1S/C34H52O8Si/c1-20(2)43(21(3)4,22(5)6)42-33-31-27(10-8-9-17-36-31)38-29-18-28-25(40-32(29)33)15-16-26-30(39-28)19-37-34(41-26)23-11-13-24(35-7)14-12-23/h8-9,11-14,20-22,25-34H,10,15-19H2,1-7H3/t25-,26+,27+,28+,29-,30-,31+,32-,33-,34-/m1/s1. The number of benzene rings is 1. The summed E-state index contributed by atoms with van der Waals surface area (Å²) >= 11 is 0. The summed E-state index contributed by atoms with van der Waals surface area (Å²) in [6.07, 6.45) is 6.13. The topological polar surface area (TPSA) is 73.8 Å². The van der Waals surface area contributed by atoms with Crippen molar-refractivity contribution in [1.82, 2.24) is 0 Å². The Balaban J connectivity index is 1.22. The van der Waals surface area contributed by atoms with E-state index in [9.17, 15) is 0 Å². The minimum atomic E-state index is -2.22. The van der Waals surface area contributed by atoms with Crippen LogP contribution in [0.15, 0.2) is 36.4 Å². The average Bonchev–Trinajstić information content (AvgIpc) is 3.33. The highest BCUT2D eigenvalue weighted by Crippen LogP contribution is 2.48. The molecular formula is C34H52O8Si. The third-order valence-corrected chi connectivity index (χ3v) is 16.6. The molecule has 5 aliphatic heterocycles. The van der Waals surface area contributed by atoms with Gasteiger partial charge in [-0.3, -0.25) is 0 Å². The number of hydrogen-bond donors (Lipinski definition) is 0. The van der Waals surface area contributed by atoms with E-state index < -0.39 is 14.6 Å². The molecule has 0 unspecified atom stereocenters. The molecule has 0 bridgehead atoms. The van der Waals surface area contributed by atoms with Crippen molar-refractivity contribution in [3.8, 4) is 5.75 Å². The second-order valence-electron chi connectivity index (χ2n) is 13.9. The van der Waals surface area contributed by atoms with Crippen LogP contribution in [0.1, 0.15) is 79.1 Å². The molecule has 43 heavy (non-hydrogen) atoms. The normalized spacial score (nSPS) is 38.1. The number of fused-ring (bicyclic) bond motifs is 4. The van der Waals surface area contributed by atoms with Gasteiger partial charge in [-0.2, -0.15) is 0 Å². The molecule has 0 saturated carbocycles. The summed E-state index contributed by atoms with van der Waals surface area (Å²) < 4.78 is 52.6. The van der Waals surface area contributed by atoms with Crippen LogP contribution >= 0.6 is 0 Å². The molecule has 0 amide bonds. The number of hydrogen-bond acceptors (Lipinski definition) is 8. The lowest BCUT2D eigenvalue weighted by atomic mass is 9.86. The lowest BCUT2D eigenvalue weighted by Crippen LogP contribution is -2.67. The summed E-state index contributed by atoms with van der Waals surface area (Å²) in [4.78, 5) is 0. The van der Waals surface area contributed by atoms with E-state index in [-0.39, 0.29) is 54.9 Å². The highest BCUT2D eigenvalue weighted by atomic mass is 28.4. The predicted molar refractivity (Wildman–Crippen MR) is 166 cm³/mol. The highest BCUT2D eigenvalue weighted by Gasteiger charge is 2.57. The summed E-state index contributed by atoms with van der Waals surface area (Å²) in [5.41, 5.74) is 2.38. The molecule has 6 rings (SSSR count). The maximum absolute atomic E-state index is 7.53. The molecule has 4 fully saturated rings. The maximum Gasteiger partial charge on any atom is 0.201 e. The summed E-state index contributed by atoms with van der Waals surface area (Å²) in [6, 6.07) is 7.88. The van der Waals surface area contributed by atoms with Crippen molar-refractivity contribution in [3.05, 3.63) is 42.0 Å². The fraction of sp³-hybridized carbons (Fsp3) is 0.765. The van der Waals surface area contributed by atoms with Gasteiger partial charge in [-0.05, 0) is 48.0 Å². The van der Waals surface area contributed by atoms with Crippen molar-refractivity contribution in [3.63, 3.8) is 0 Å². The van der Waals surface area contributed by atoms with E-state index in [0.29, 0.717) is 29.8 Å². The van der Waals surface area contributed by atoms with E-state index in [1.165, 1.54) is 0 Å². The van der Waals surface area contributed by atoms with Gasteiger partial charge in [-0.1, -0.05) is 65.8 Å². The van der Waals surface area contributed by atoms with Gasteiger partial charge in [0.05, 0.1) is 50.8 Å². The van der Waals surface area contributed by atoms with Gasteiger partial charge in [0.1, 0.15) is 30.2 Å². The van der Waals surface area contributed by atoms with Crippen LogP contribution in [0.4, 0.5) is 0 Å². The van der Waals surface area contributed by atoms with Crippen molar-refractivity contribution in [1.29, 1.82) is 0 Å². The summed E-state index contributed by atoms with van der Waals surface area (Å²) in [5, 5.41) is 0. The van der Waals surface area contributed by atoms with Crippen molar-refractivity contribution in [2.75, 3.05) is 20.3 Å². The molecule has 8 nitrogen and oxygen atoms in total. The Bertz CT molecular complexity index is 1070. The van der Waals surface area contributed by atoms with E-state index >= 15 is 0 Å².